The third-order valence-electron chi connectivity index (χ3n) is 6.00. The molecule has 0 saturated carbocycles. The number of fused-ring (bicyclic) bond motifs is 1. The minimum atomic E-state index is -4.29. The Balaban J connectivity index is 1.52. The van der Waals surface area contributed by atoms with Crippen LogP contribution in [0.4, 0.5) is 10.1 Å². The number of hydrogen-bond donors (Lipinski definition) is 1. The van der Waals surface area contributed by atoms with Crippen molar-refractivity contribution < 1.29 is 31.9 Å². The Morgan fingerprint density at radius 1 is 1.10 bits per heavy atom. The van der Waals surface area contributed by atoms with Gasteiger partial charge in [-0.15, -0.1) is 0 Å². The van der Waals surface area contributed by atoms with Gasteiger partial charge >= 0.3 is 16.2 Å². The molecular formula is C28H27FN4O6S. The summed E-state index contributed by atoms with van der Waals surface area (Å²) < 4.78 is 56.5. The average Bonchev–Trinajstić information content (AvgIpc) is 3.44. The second-order valence-corrected chi connectivity index (χ2v) is 11.9. The molecule has 1 N–H and O–H groups in total. The first-order valence-corrected chi connectivity index (χ1v) is 13.8. The van der Waals surface area contributed by atoms with Gasteiger partial charge in [0.05, 0.1) is 6.20 Å². The van der Waals surface area contributed by atoms with Gasteiger partial charge in [0, 0.05) is 17.1 Å². The van der Waals surface area contributed by atoms with Crippen LogP contribution in [-0.4, -0.2) is 42.2 Å². The van der Waals surface area contributed by atoms with E-state index in [-0.39, 0.29) is 30.0 Å². The maximum absolute atomic E-state index is 16.0. The highest BCUT2D eigenvalue weighted by Gasteiger charge is 2.38. The van der Waals surface area contributed by atoms with Crippen molar-refractivity contribution in [2.24, 2.45) is 0 Å². The van der Waals surface area contributed by atoms with Gasteiger partial charge in [0.15, 0.2) is 5.82 Å². The summed E-state index contributed by atoms with van der Waals surface area (Å²) in [7, 11) is -4.29. The largest absolute Gasteiger partial charge is 0.487 e. The Labute approximate surface area is 230 Å². The van der Waals surface area contributed by atoms with Crippen molar-refractivity contribution in [3.8, 4) is 16.9 Å². The van der Waals surface area contributed by atoms with Crippen molar-refractivity contribution in [1.82, 2.24) is 14.5 Å². The first-order valence-electron chi connectivity index (χ1n) is 12.4. The molecule has 0 aliphatic carbocycles. The van der Waals surface area contributed by atoms with Crippen LogP contribution in [0.25, 0.3) is 21.9 Å². The number of anilines is 1. The van der Waals surface area contributed by atoms with E-state index in [0.717, 1.165) is 5.56 Å². The number of aromatic nitrogens is 2. The zero-order valence-electron chi connectivity index (χ0n) is 22.0. The Bertz CT molecular complexity index is 1710. The van der Waals surface area contributed by atoms with E-state index in [1.54, 1.807) is 51.4 Å². The van der Waals surface area contributed by atoms with Crippen molar-refractivity contribution in [2.75, 3.05) is 10.8 Å². The van der Waals surface area contributed by atoms with Crippen LogP contribution in [0.15, 0.2) is 67.0 Å². The third kappa shape index (κ3) is 5.76. The summed E-state index contributed by atoms with van der Waals surface area (Å²) in [5.74, 6) is -2.08. The van der Waals surface area contributed by atoms with Crippen LogP contribution in [0.3, 0.4) is 0 Å². The molecule has 3 aromatic carbocycles. The van der Waals surface area contributed by atoms with E-state index >= 15 is 4.39 Å². The lowest BCUT2D eigenvalue weighted by molar-refractivity contribution is -0.155. The SMILES string of the molecule is CC(C)(C)OC(=O)Cn1cc(-c2ccc3c(F)c(N4CC(=O)NS4(=O)=O)c(OCc4ccccc4)cc3c2)cn1. The predicted octanol–water partition coefficient (Wildman–Crippen LogP) is 3.94. The number of esters is 1. The van der Waals surface area contributed by atoms with E-state index in [1.165, 1.54) is 10.7 Å². The molecule has 0 spiro atoms. The van der Waals surface area contributed by atoms with Gasteiger partial charge in [-0.2, -0.15) is 13.5 Å². The second kappa shape index (κ2) is 10.3. The smallest absolute Gasteiger partial charge is 0.328 e. The van der Waals surface area contributed by atoms with Gasteiger partial charge in [0.25, 0.3) is 5.91 Å². The minimum absolute atomic E-state index is 0.0355. The van der Waals surface area contributed by atoms with E-state index in [2.05, 4.69) is 5.10 Å². The highest BCUT2D eigenvalue weighted by atomic mass is 32.2. The van der Waals surface area contributed by atoms with E-state index in [0.29, 0.717) is 20.8 Å². The zero-order chi connectivity index (χ0) is 28.7. The van der Waals surface area contributed by atoms with Crippen LogP contribution < -0.4 is 13.8 Å². The summed E-state index contributed by atoms with van der Waals surface area (Å²) in [5.41, 5.74) is 1.19. The molecule has 208 valence electrons. The maximum Gasteiger partial charge on any atom is 0.328 e. The average molecular weight is 567 g/mol. The summed E-state index contributed by atoms with van der Waals surface area (Å²) in [5, 5.41) is 4.82. The van der Waals surface area contributed by atoms with Gasteiger partial charge in [-0.05, 0) is 49.4 Å². The number of ether oxygens (including phenoxy) is 2. The van der Waals surface area contributed by atoms with Gasteiger partial charge in [-0.3, -0.25) is 14.3 Å². The summed E-state index contributed by atoms with van der Waals surface area (Å²) in [6.07, 6.45) is 3.26. The van der Waals surface area contributed by atoms with Crippen LogP contribution in [-0.2, 0) is 37.7 Å². The lowest BCUT2D eigenvalue weighted by Gasteiger charge is -2.21. The fraction of sp³-hybridized carbons (Fsp3) is 0.250. The normalized spacial score (nSPS) is 14.8. The van der Waals surface area contributed by atoms with E-state index in [9.17, 15) is 18.0 Å². The third-order valence-corrected chi connectivity index (χ3v) is 7.38. The number of benzene rings is 3. The minimum Gasteiger partial charge on any atom is -0.487 e. The monoisotopic (exact) mass is 566 g/mol. The first-order chi connectivity index (χ1) is 18.9. The van der Waals surface area contributed by atoms with Crippen LogP contribution in [0.5, 0.6) is 5.75 Å². The number of nitrogens with zero attached hydrogens (tertiary/aromatic N) is 3. The molecule has 0 bridgehead atoms. The number of rotatable bonds is 7. The number of carbonyl (C=O) groups is 2. The number of amides is 1. The number of carbonyl (C=O) groups excluding carboxylic acids is 2. The summed E-state index contributed by atoms with van der Waals surface area (Å²) in [4.78, 5) is 24.1. The van der Waals surface area contributed by atoms with Crippen molar-refractivity contribution in [3.63, 3.8) is 0 Å². The molecule has 12 heteroatoms. The topological polar surface area (TPSA) is 120 Å². The van der Waals surface area contributed by atoms with Gasteiger partial charge < -0.3 is 9.47 Å². The predicted molar refractivity (Wildman–Crippen MR) is 146 cm³/mol. The number of halogens is 1. The zero-order valence-corrected chi connectivity index (χ0v) is 22.9. The highest BCUT2D eigenvalue weighted by Crippen LogP contribution is 2.40. The molecule has 2 heterocycles. The second-order valence-electron chi connectivity index (χ2n) is 10.3. The molecule has 1 aliphatic heterocycles. The number of nitrogens with one attached hydrogen (secondary N) is 1. The van der Waals surface area contributed by atoms with Gasteiger partial charge in [0.2, 0.25) is 0 Å². The molecule has 1 amide bonds. The maximum atomic E-state index is 16.0. The molecular weight excluding hydrogens is 539 g/mol. The molecule has 10 nitrogen and oxygen atoms in total. The fourth-order valence-electron chi connectivity index (χ4n) is 4.34. The van der Waals surface area contributed by atoms with E-state index in [1.807, 2.05) is 35.1 Å². The van der Waals surface area contributed by atoms with Gasteiger partial charge in [-0.25, -0.2) is 13.4 Å². The Hall–Kier alpha value is -4.45. The lowest BCUT2D eigenvalue weighted by atomic mass is 10.0. The molecule has 0 radical (unpaired) electrons. The van der Waals surface area contributed by atoms with Crippen molar-refractivity contribution in [3.05, 3.63) is 78.4 Å². The molecule has 1 aromatic heterocycles. The van der Waals surface area contributed by atoms with Gasteiger partial charge in [0.1, 0.15) is 36.7 Å². The standard InChI is InChI=1S/C28H27FN4O6S/c1-28(2,3)39-25(35)16-32-14-21(13-30-32)19-9-10-22-20(11-19)12-23(38-17-18-7-5-4-6-8-18)27(26(22)29)33-15-24(34)31-40(33,36)37/h4-14H,15-17H2,1-3H3,(H,31,34). The lowest BCUT2D eigenvalue weighted by Crippen LogP contribution is -2.30. The Morgan fingerprint density at radius 2 is 1.85 bits per heavy atom. The Morgan fingerprint density at radius 3 is 2.52 bits per heavy atom. The summed E-state index contributed by atoms with van der Waals surface area (Å²) in [6.45, 7) is 4.75. The van der Waals surface area contributed by atoms with Crippen LogP contribution in [0, 0.1) is 5.82 Å². The van der Waals surface area contributed by atoms with Crippen molar-refractivity contribution >= 4 is 38.5 Å². The quantitative estimate of drug-likeness (QED) is 0.337. The summed E-state index contributed by atoms with van der Waals surface area (Å²) in [6, 6.07) is 15.6. The molecule has 0 unspecified atom stereocenters. The van der Waals surface area contributed by atoms with E-state index in [4.69, 9.17) is 9.47 Å². The van der Waals surface area contributed by atoms with Crippen LogP contribution >= 0.6 is 0 Å². The van der Waals surface area contributed by atoms with E-state index < -0.39 is 40.0 Å². The Kier molecular flexibility index (Phi) is 6.96. The molecule has 1 fully saturated rings. The van der Waals surface area contributed by atoms with Crippen molar-refractivity contribution in [1.29, 1.82) is 0 Å². The van der Waals surface area contributed by atoms with Crippen molar-refractivity contribution in [2.45, 2.75) is 39.5 Å². The molecule has 5 rings (SSSR count). The number of hydrogen-bond acceptors (Lipinski definition) is 7. The molecule has 1 aliphatic rings. The fourth-order valence-corrected chi connectivity index (χ4v) is 5.50. The molecule has 4 aromatic rings. The highest BCUT2D eigenvalue weighted by molar-refractivity contribution is 7.92. The van der Waals surface area contributed by atoms with Gasteiger partial charge in [-0.1, -0.05) is 42.5 Å². The van der Waals surface area contributed by atoms with Crippen LogP contribution in [0.1, 0.15) is 26.3 Å². The first kappa shape index (κ1) is 27.1. The molecule has 0 atom stereocenters. The van der Waals surface area contributed by atoms with Crippen LogP contribution in [0.2, 0.25) is 0 Å². The molecule has 40 heavy (non-hydrogen) atoms. The molecule has 1 saturated heterocycles. The summed E-state index contributed by atoms with van der Waals surface area (Å²) >= 11 is 0.